The van der Waals surface area contributed by atoms with E-state index < -0.39 is 0 Å². The van der Waals surface area contributed by atoms with E-state index in [1.54, 1.807) is 19.2 Å². The molecule has 0 saturated carbocycles. The molecule has 0 aromatic heterocycles. The summed E-state index contributed by atoms with van der Waals surface area (Å²) >= 11 is 1.64. The smallest absolute Gasteiger partial charge is 0.125 e. The van der Waals surface area contributed by atoms with Gasteiger partial charge >= 0.3 is 0 Å². The Morgan fingerprint density at radius 2 is 2.08 bits per heavy atom. The second-order valence-electron chi connectivity index (χ2n) is 7.08. The summed E-state index contributed by atoms with van der Waals surface area (Å²) in [5.74, 6) is 1.45. The van der Waals surface area contributed by atoms with Crippen molar-refractivity contribution >= 4 is 17.8 Å². The molecule has 6 heteroatoms. The zero-order chi connectivity index (χ0) is 18.8. The van der Waals surface area contributed by atoms with Crippen LogP contribution in [0.4, 0.5) is 5.69 Å². The lowest BCUT2D eigenvalue weighted by Gasteiger charge is -2.27. The van der Waals surface area contributed by atoms with Crippen LogP contribution in [0.3, 0.4) is 0 Å². The van der Waals surface area contributed by atoms with Gasteiger partial charge in [-0.15, -0.1) is 0 Å². The second-order valence-corrected chi connectivity index (χ2v) is 7.99. The first-order chi connectivity index (χ1) is 12.6. The zero-order valence-corrected chi connectivity index (χ0v) is 17.4. The van der Waals surface area contributed by atoms with Crippen LogP contribution in [0.2, 0.25) is 0 Å². The van der Waals surface area contributed by atoms with Crippen molar-refractivity contribution in [3.8, 4) is 5.75 Å². The Morgan fingerprint density at radius 3 is 2.81 bits per heavy atom. The molecule has 0 radical (unpaired) electrons. The number of anilines is 1. The van der Waals surface area contributed by atoms with Crippen LogP contribution >= 0.6 is 12.1 Å². The molecule has 1 aliphatic heterocycles. The van der Waals surface area contributed by atoms with Gasteiger partial charge in [-0.3, -0.25) is 0 Å². The van der Waals surface area contributed by atoms with Gasteiger partial charge in [0.1, 0.15) is 11.9 Å². The number of nitrogens with one attached hydrogen (secondary N) is 1. The predicted octanol–water partition coefficient (Wildman–Crippen LogP) is 4.60. The summed E-state index contributed by atoms with van der Waals surface area (Å²) in [6.45, 7) is 10.2. The highest BCUT2D eigenvalue weighted by molar-refractivity contribution is 7.98. The van der Waals surface area contributed by atoms with Crippen molar-refractivity contribution < 1.29 is 14.2 Å². The van der Waals surface area contributed by atoms with Gasteiger partial charge in [0.05, 0.1) is 12.7 Å². The molecule has 5 nitrogen and oxygen atoms in total. The molecule has 2 unspecified atom stereocenters. The normalized spacial score (nSPS) is 18.3. The Morgan fingerprint density at radius 1 is 1.23 bits per heavy atom. The summed E-state index contributed by atoms with van der Waals surface area (Å²) < 4.78 is 23.2. The first-order valence-corrected chi connectivity index (χ1v) is 10.4. The number of nitrogens with zero attached hydrogens (tertiary/aromatic N) is 1. The van der Waals surface area contributed by atoms with Crippen LogP contribution in [-0.4, -0.2) is 49.9 Å². The molecule has 2 rings (SSSR count). The average molecular weight is 383 g/mol. The molecule has 148 valence electrons. The van der Waals surface area contributed by atoms with Crippen molar-refractivity contribution in [3.05, 3.63) is 24.3 Å². The largest absolute Gasteiger partial charge is 0.488 e. The molecular weight excluding hydrogens is 348 g/mol. The number of hydrogen-bond donors (Lipinski definition) is 1. The number of rotatable bonds is 10. The van der Waals surface area contributed by atoms with Crippen molar-refractivity contribution in [2.45, 2.75) is 52.2 Å². The minimum absolute atomic E-state index is 0.0654. The maximum absolute atomic E-state index is 6.31. The molecule has 1 fully saturated rings. The summed E-state index contributed by atoms with van der Waals surface area (Å²) in [5, 5.41) is 0. The molecule has 1 heterocycles. The number of methoxy groups -OCH3 is 1. The van der Waals surface area contributed by atoms with Gasteiger partial charge in [-0.2, -0.15) is 0 Å². The molecule has 0 amide bonds. The molecule has 2 atom stereocenters. The first-order valence-electron chi connectivity index (χ1n) is 9.67. The molecular formula is C20H34N2O3S. The lowest BCUT2D eigenvalue weighted by Crippen LogP contribution is -2.34. The van der Waals surface area contributed by atoms with Gasteiger partial charge in [0.15, 0.2) is 0 Å². The van der Waals surface area contributed by atoms with Crippen LogP contribution in [0.15, 0.2) is 24.3 Å². The summed E-state index contributed by atoms with van der Waals surface area (Å²) in [6, 6.07) is 8.19. The second kappa shape index (κ2) is 11.7. The van der Waals surface area contributed by atoms with Gasteiger partial charge in [-0.1, -0.05) is 26.8 Å². The van der Waals surface area contributed by atoms with Crippen LogP contribution in [0, 0.1) is 5.92 Å². The number of benzene rings is 1. The highest BCUT2D eigenvalue weighted by Gasteiger charge is 2.23. The zero-order valence-electron chi connectivity index (χ0n) is 16.6. The third kappa shape index (κ3) is 7.35. The Hall–Kier alpha value is -0.950. The van der Waals surface area contributed by atoms with Crippen molar-refractivity contribution in [3.63, 3.8) is 0 Å². The van der Waals surface area contributed by atoms with E-state index in [1.165, 1.54) is 0 Å². The quantitative estimate of drug-likeness (QED) is 0.597. The fourth-order valence-corrected chi connectivity index (χ4v) is 3.81. The Kier molecular flexibility index (Phi) is 9.61. The van der Waals surface area contributed by atoms with Crippen molar-refractivity contribution in [2.24, 2.45) is 5.92 Å². The number of hydrogen-bond acceptors (Lipinski definition) is 6. The molecule has 1 aromatic carbocycles. The molecule has 0 bridgehead atoms. The molecule has 1 aliphatic rings. The first kappa shape index (κ1) is 21.4. The van der Waals surface area contributed by atoms with Crippen molar-refractivity contribution in [2.75, 3.05) is 38.1 Å². The molecule has 26 heavy (non-hydrogen) atoms. The van der Waals surface area contributed by atoms with Gasteiger partial charge < -0.3 is 18.9 Å². The summed E-state index contributed by atoms with van der Waals surface area (Å²) in [4.78, 5) is 0. The maximum Gasteiger partial charge on any atom is 0.125 e. The van der Waals surface area contributed by atoms with E-state index >= 15 is 0 Å². The minimum Gasteiger partial charge on any atom is -0.488 e. The highest BCUT2D eigenvalue weighted by atomic mass is 32.2. The molecule has 1 aromatic rings. The monoisotopic (exact) mass is 382 g/mol. The third-order valence-electron chi connectivity index (χ3n) is 4.42. The van der Waals surface area contributed by atoms with Crippen LogP contribution in [0.5, 0.6) is 5.75 Å². The average Bonchev–Trinajstić information content (AvgIpc) is 2.89. The van der Waals surface area contributed by atoms with Crippen molar-refractivity contribution in [1.82, 2.24) is 4.31 Å². The Labute approximate surface area is 163 Å². The standard InChI is InChI=1S/C20H34N2O3S/c1-5-19(23-4)20(14-16(2)3)25-18-9-6-8-17(15-18)21-26-22-10-7-12-24-13-11-22/h6,8-9,15-16,19-21H,5,7,10-14H2,1-4H3. The summed E-state index contributed by atoms with van der Waals surface area (Å²) in [5.41, 5.74) is 1.05. The fourth-order valence-electron chi connectivity index (χ4n) is 3.06. The van der Waals surface area contributed by atoms with Gasteiger partial charge in [-0.05, 0) is 37.3 Å². The van der Waals surface area contributed by atoms with E-state index in [0.29, 0.717) is 5.92 Å². The molecule has 1 saturated heterocycles. The summed E-state index contributed by atoms with van der Waals surface area (Å²) in [7, 11) is 1.77. The van der Waals surface area contributed by atoms with E-state index in [4.69, 9.17) is 14.2 Å². The minimum atomic E-state index is 0.0654. The lowest BCUT2D eigenvalue weighted by molar-refractivity contribution is -0.00898. The van der Waals surface area contributed by atoms with Crippen LogP contribution < -0.4 is 9.46 Å². The van der Waals surface area contributed by atoms with E-state index in [2.05, 4.69) is 41.9 Å². The van der Waals surface area contributed by atoms with E-state index in [0.717, 1.165) is 57.0 Å². The van der Waals surface area contributed by atoms with E-state index in [9.17, 15) is 0 Å². The van der Waals surface area contributed by atoms with E-state index in [-0.39, 0.29) is 12.2 Å². The van der Waals surface area contributed by atoms with E-state index in [1.807, 2.05) is 12.1 Å². The predicted molar refractivity (Wildman–Crippen MR) is 110 cm³/mol. The summed E-state index contributed by atoms with van der Waals surface area (Å²) in [6.07, 6.45) is 3.17. The van der Waals surface area contributed by atoms with Crippen molar-refractivity contribution in [1.29, 1.82) is 0 Å². The lowest BCUT2D eigenvalue weighted by atomic mass is 10.00. The highest BCUT2D eigenvalue weighted by Crippen LogP contribution is 2.25. The molecule has 0 spiro atoms. The topological polar surface area (TPSA) is 43.0 Å². The Bertz CT molecular complexity index is 504. The van der Waals surface area contributed by atoms with Gasteiger partial charge in [-0.25, -0.2) is 4.31 Å². The van der Waals surface area contributed by atoms with Crippen LogP contribution in [-0.2, 0) is 9.47 Å². The Balaban J connectivity index is 1.95. The fraction of sp³-hybridized carbons (Fsp3) is 0.700. The van der Waals surface area contributed by atoms with Gasteiger partial charge in [0.2, 0.25) is 0 Å². The molecule has 1 N–H and O–H groups in total. The van der Waals surface area contributed by atoms with Crippen LogP contribution in [0.1, 0.15) is 40.0 Å². The maximum atomic E-state index is 6.31. The van der Waals surface area contributed by atoms with Gasteiger partial charge in [0, 0.05) is 50.7 Å². The molecule has 0 aliphatic carbocycles. The number of ether oxygens (including phenoxy) is 3. The van der Waals surface area contributed by atoms with Crippen LogP contribution in [0.25, 0.3) is 0 Å². The SMILES string of the molecule is CCC(OC)C(CC(C)C)Oc1cccc(NSN2CCCOCC2)c1. The van der Waals surface area contributed by atoms with Gasteiger partial charge in [0.25, 0.3) is 0 Å². The third-order valence-corrected chi connectivity index (χ3v) is 5.37.